The zero-order valence-corrected chi connectivity index (χ0v) is 18.9. The number of fused-ring (bicyclic) bond motifs is 4. The maximum Gasteiger partial charge on any atom is 0.166 e. The lowest BCUT2D eigenvalue weighted by atomic mass is 9.73. The highest BCUT2D eigenvalue weighted by Crippen LogP contribution is 2.42. The van der Waals surface area contributed by atoms with Gasteiger partial charge in [-0.15, -0.1) is 6.58 Å². The molecule has 6 rings (SSSR count). The summed E-state index contributed by atoms with van der Waals surface area (Å²) in [5.41, 5.74) is 2.34. The lowest BCUT2D eigenvalue weighted by Gasteiger charge is -2.52. The molecule has 2 bridgehead atoms. The fourth-order valence-electron chi connectivity index (χ4n) is 5.83. The molecule has 0 saturated carbocycles. The van der Waals surface area contributed by atoms with Crippen LogP contribution in [0.5, 0.6) is 0 Å². The van der Waals surface area contributed by atoms with Gasteiger partial charge in [-0.2, -0.15) is 0 Å². The maximum absolute atomic E-state index is 5.79. The largest absolute Gasteiger partial charge is 0.361 e. The van der Waals surface area contributed by atoms with Crippen LogP contribution in [0, 0.1) is 11.8 Å². The van der Waals surface area contributed by atoms with Crippen LogP contribution in [0.2, 0.25) is 0 Å². The molecule has 4 saturated heterocycles. The molecule has 5 heterocycles. The minimum atomic E-state index is 0.137. The maximum atomic E-state index is 5.79. The van der Waals surface area contributed by atoms with E-state index < -0.39 is 0 Å². The molecular formula is C25H33N5S. The molecule has 5 nitrogen and oxygen atoms in total. The highest BCUT2D eigenvalue weighted by atomic mass is 32.1. The van der Waals surface area contributed by atoms with E-state index in [1.807, 2.05) is 6.20 Å². The predicted octanol–water partition coefficient (Wildman–Crippen LogP) is 3.39. The molecule has 0 aliphatic carbocycles. The van der Waals surface area contributed by atoms with Crippen molar-refractivity contribution in [3.05, 3.63) is 54.7 Å². The molecule has 4 aliphatic rings. The van der Waals surface area contributed by atoms with Gasteiger partial charge >= 0.3 is 0 Å². The summed E-state index contributed by atoms with van der Waals surface area (Å²) in [5.74, 6) is 1.33. The molecule has 0 spiro atoms. The Hall–Kier alpha value is -2.02. The van der Waals surface area contributed by atoms with Crippen molar-refractivity contribution < 1.29 is 0 Å². The molecule has 6 atom stereocenters. The quantitative estimate of drug-likeness (QED) is 0.478. The summed E-state index contributed by atoms with van der Waals surface area (Å²) < 4.78 is 0. The molecule has 1 unspecified atom stereocenters. The Bertz CT molecular complexity index is 935. The summed E-state index contributed by atoms with van der Waals surface area (Å²) in [6.07, 6.45) is 9.02. The third-order valence-electron chi connectivity index (χ3n) is 7.51. The third-order valence-corrected chi connectivity index (χ3v) is 7.78. The summed E-state index contributed by atoms with van der Waals surface area (Å²) in [6, 6.07) is 11.7. The first-order valence-corrected chi connectivity index (χ1v) is 12.1. The van der Waals surface area contributed by atoms with E-state index >= 15 is 0 Å². The zero-order valence-electron chi connectivity index (χ0n) is 18.1. The van der Waals surface area contributed by atoms with E-state index in [0.717, 1.165) is 36.8 Å². The lowest BCUT2D eigenvalue weighted by molar-refractivity contribution is 0.00430. The van der Waals surface area contributed by atoms with Crippen molar-refractivity contribution in [2.24, 2.45) is 11.8 Å². The summed E-state index contributed by atoms with van der Waals surface area (Å²) in [5, 5.41) is 12.7. The molecule has 4 fully saturated rings. The molecule has 1 aromatic carbocycles. The number of piperidine rings is 3. The van der Waals surface area contributed by atoms with Gasteiger partial charge in [0.1, 0.15) is 0 Å². The van der Waals surface area contributed by atoms with Gasteiger partial charge in [-0.3, -0.25) is 9.88 Å². The van der Waals surface area contributed by atoms with Gasteiger partial charge in [0.05, 0.1) is 11.6 Å². The van der Waals surface area contributed by atoms with Crippen LogP contribution in [0.1, 0.15) is 37.3 Å². The Labute approximate surface area is 190 Å². The van der Waals surface area contributed by atoms with Crippen LogP contribution in [0.25, 0.3) is 10.9 Å². The molecule has 31 heavy (non-hydrogen) atoms. The smallest absolute Gasteiger partial charge is 0.166 e. The number of aromatic nitrogens is 1. The van der Waals surface area contributed by atoms with Crippen molar-refractivity contribution in [2.45, 2.75) is 43.8 Å². The fourth-order valence-corrected chi connectivity index (χ4v) is 6.04. The van der Waals surface area contributed by atoms with Crippen molar-refractivity contribution in [1.29, 1.82) is 0 Å². The second-order valence-electron chi connectivity index (χ2n) is 9.29. The van der Waals surface area contributed by atoms with E-state index in [9.17, 15) is 0 Å². The van der Waals surface area contributed by atoms with Gasteiger partial charge in [-0.1, -0.05) is 24.3 Å². The predicted molar refractivity (Wildman–Crippen MR) is 131 cm³/mol. The van der Waals surface area contributed by atoms with Crippen LogP contribution in [-0.4, -0.2) is 53.3 Å². The molecule has 1 aromatic heterocycles. The Balaban J connectivity index is 1.41. The second kappa shape index (κ2) is 9.23. The van der Waals surface area contributed by atoms with Gasteiger partial charge < -0.3 is 16.0 Å². The van der Waals surface area contributed by atoms with Crippen LogP contribution in [-0.2, 0) is 0 Å². The van der Waals surface area contributed by atoms with Crippen molar-refractivity contribution in [3.8, 4) is 0 Å². The van der Waals surface area contributed by atoms with Crippen LogP contribution in [0.3, 0.4) is 0 Å². The molecular weight excluding hydrogens is 402 g/mol. The fraction of sp³-hybridized carbons (Fsp3) is 0.520. The second-order valence-corrected chi connectivity index (χ2v) is 9.70. The first kappa shape index (κ1) is 20.9. The Morgan fingerprint density at radius 1 is 1.32 bits per heavy atom. The third kappa shape index (κ3) is 4.34. The molecule has 3 N–H and O–H groups in total. The normalized spacial score (nSPS) is 30.8. The average molecular weight is 436 g/mol. The summed E-state index contributed by atoms with van der Waals surface area (Å²) in [4.78, 5) is 7.25. The number of rotatable bonds is 6. The molecule has 0 amide bonds. The topological polar surface area (TPSA) is 52.2 Å². The number of hydrogen-bond donors (Lipinski definition) is 3. The van der Waals surface area contributed by atoms with Crippen LogP contribution >= 0.6 is 12.2 Å². The van der Waals surface area contributed by atoms with Gasteiger partial charge in [0.25, 0.3) is 0 Å². The molecule has 2 aromatic rings. The van der Waals surface area contributed by atoms with E-state index in [4.69, 9.17) is 12.2 Å². The van der Waals surface area contributed by atoms with E-state index in [1.54, 1.807) is 0 Å². The Kier molecular flexibility index (Phi) is 6.21. The molecule has 4 aliphatic heterocycles. The van der Waals surface area contributed by atoms with Gasteiger partial charge in [0.2, 0.25) is 0 Å². The number of pyridine rings is 1. The van der Waals surface area contributed by atoms with E-state index in [1.165, 1.54) is 36.6 Å². The van der Waals surface area contributed by atoms with E-state index in [0.29, 0.717) is 23.9 Å². The van der Waals surface area contributed by atoms with Crippen LogP contribution in [0.4, 0.5) is 0 Å². The summed E-state index contributed by atoms with van der Waals surface area (Å²) >= 11 is 5.79. The number of hydrogen-bond acceptors (Lipinski definition) is 4. The summed E-state index contributed by atoms with van der Waals surface area (Å²) in [6.45, 7) is 8.35. The minimum absolute atomic E-state index is 0.137. The standard InChI is InChI=1S/C25H33N5S/c1-2-17-16-30-13-10-18(17)14-23(30)24(29-25(31)28-15-19-6-5-11-26-19)21-9-12-27-22-8-4-3-7-20(21)22/h2-4,7-9,12,17-19,23-24,26H,1,5-6,10-11,13-16H2,(H2,28,29,31)/t17-,18-,19-,23-,24-/m0/s1. The summed E-state index contributed by atoms with van der Waals surface area (Å²) in [7, 11) is 0. The van der Waals surface area contributed by atoms with E-state index in [2.05, 4.69) is 68.8 Å². The van der Waals surface area contributed by atoms with E-state index in [-0.39, 0.29) is 6.04 Å². The molecule has 6 heteroatoms. The number of para-hydroxylation sites is 1. The average Bonchev–Trinajstić information content (AvgIpc) is 3.35. The number of thiocarbonyl (C=S) groups is 1. The monoisotopic (exact) mass is 435 g/mol. The van der Waals surface area contributed by atoms with Gasteiger partial charge in [0, 0.05) is 36.8 Å². The van der Waals surface area contributed by atoms with Gasteiger partial charge in [0.15, 0.2) is 5.11 Å². The van der Waals surface area contributed by atoms with Gasteiger partial charge in [-0.05, 0) is 80.5 Å². The Morgan fingerprint density at radius 2 is 2.23 bits per heavy atom. The minimum Gasteiger partial charge on any atom is -0.361 e. The number of nitrogens with one attached hydrogen (secondary N) is 3. The van der Waals surface area contributed by atoms with Crippen LogP contribution in [0.15, 0.2) is 49.2 Å². The van der Waals surface area contributed by atoms with Crippen molar-refractivity contribution in [1.82, 2.24) is 25.8 Å². The number of benzene rings is 1. The first-order chi connectivity index (χ1) is 15.2. The van der Waals surface area contributed by atoms with Crippen molar-refractivity contribution in [2.75, 3.05) is 26.2 Å². The van der Waals surface area contributed by atoms with Crippen molar-refractivity contribution >= 4 is 28.2 Å². The molecule has 0 radical (unpaired) electrons. The van der Waals surface area contributed by atoms with Gasteiger partial charge in [-0.25, -0.2) is 0 Å². The Morgan fingerprint density at radius 3 is 3.00 bits per heavy atom. The first-order valence-electron chi connectivity index (χ1n) is 11.7. The highest BCUT2D eigenvalue weighted by Gasteiger charge is 2.43. The van der Waals surface area contributed by atoms with Crippen molar-refractivity contribution in [3.63, 3.8) is 0 Å². The molecule has 164 valence electrons. The highest BCUT2D eigenvalue weighted by molar-refractivity contribution is 7.80. The van der Waals surface area contributed by atoms with Crippen LogP contribution < -0.4 is 16.0 Å². The SMILES string of the molecule is C=C[C@H]1CN2CC[C@H]1C[C@H]2[C@@H](NC(=S)NC[C@@H]1CCCN1)c1ccnc2ccccc12. The zero-order chi connectivity index (χ0) is 21.2. The lowest BCUT2D eigenvalue weighted by Crippen LogP contribution is -2.58. The number of nitrogens with zero attached hydrogens (tertiary/aromatic N) is 2.